The van der Waals surface area contributed by atoms with Gasteiger partial charge >= 0.3 is 0 Å². The van der Waals surface area contributed by atoms with Crippen molar-refractivity contribution in [3.8, 4) is 0 Å². The van der Waals surface area contributed by atoms with E-state index in [0.29, 0.717) is 11.3 Å². The van der Waals surface area contributed by atoms with E-state index in [0.717, 1.165) is 18.4 Å². The lowest BCUT2D eigenvalue weighted by atomic mass is 9.94. The zero-order valence-electron chi connectivity index (χ0n) is 9.85. The van der Waals surface area contributed by atoms with Crippen molar-refractivity contribution >= 4 is 15.6 Å². The molecule has 0 saturated carbocycles. The molecule has 0 radical (unpaired) electrons. The van der Waals surface area contributed by atoms with Crippen LogP contribution in [0.1, 0.15) is 41.6 Å². The third-order valence-electron chi connectivity index (χ3n) is 3.23. The van der Waals surface area contributed by atoms with E-state index < -0.39 is 9.84 Å². The van der Waals surface area contributed by atoms with Crippen molar-refractivity contribution in [2.45, 2.75) is 25.7 Å². The Hall–Kier alpha value is -1.16. The molecule has 1 aliphatic rings. The van der Waals surface area contributed by atoms with E-state index in [9.17, 15) is 13.2 Å². The van der Waals surface area contributed by atoms with Crippen molar-refractivity contribution in [2.24, 2.45) is 0 Å². The standard InChI is InChI=1S/C13H16O3S/c1-10(14)11-4-2-5-12(8-11)13-6-3-7-17(15,16)9-13/h2,4-5,8,13H,3,6-7,9H2,1H3. The summed E-state index contributed by atoms with van der Waals surface area (Å²) in [6.07, 6.45) is 1.61. The lowest BCUT2D eigenvalue weighted by Gasteiger charge is -2.22. The minimum absolute atomic E-state index is 0.0190. The molecule has 0 amide bonds. The second-order valence-corrected chi connectivity index (χ2v) is 6.86. The van der Waals surface area contributed by atoms with Gasteiger partial charge in [-0.25, -0.2) is 8.42 Å². The third-order valence-corrected chi connectivity index (χ3v) is 5.05. The Kier molecular flexibility index (Phi) is 3.33. The molecule has 0 spiro atoms. The second kappa shape index (κ2) is 4.61. The Morgan fingerprint density at radius 2 is 2.12 bits per heavy atom. The predicted octanol–water partition coefficient (Wildman–Crippen LogP) is 2.18. The molecule has 3 nitrogen and oxygen atoms in total. The van der Waals surface area contributed by atoms with Gasteiger partial charge in [-0.15, -0.1) is 0 Å². The van der Waals surface area contributed by atoms with Gasteiger partial charge in [0.05, 0.1) is 11.5 Å². The number of carbonyl (C=O) groups is 1. The summed E-state index contributed by atoms with van der Waals surface area (Å²) in [5.74, 6) is 0.586. The first-order valence-electron chi connectivity index (χ1n) is 5.79. The molecular weight excluding hydrogens is 236 g/mol. The molecule has 92 valence electrons. The molecule has 1 aromatic rings. The predicted molar refractivity (Wildman–Crippen MR) is 67.1 cm³/mol. The first-order valence-corrected chi connectivity index (χ1v) is 7.61. The van der Waals surface area contributed by atoms with Crippen molar-refractivity contribution in [2.75, 3.05) is 11.5 Å². The summed E-state index contributed by atoms with van der Waals surface area (Å²) in [4.78, 5) is 11.3. The van der Waals surface area contributed by atoms with Gasteiger partial charge < -0.3 is 0 Å². The molecule has 1 aromatic carbocycles. The molecule has 0 aliphatic carbocycles. The maximum Gasteiger partial charge on any atom is 0.159 e. The van der Waals surface area contributed by atoms with Crippen LogP contribution in [0.15, 0.2) is 24.3 Å². The number of hydrogen-bond acceptors (Lipinski definition) is 3. The Morgan fingerprint density at radius 1 is 1.35 bits per heavy atom. The van der Waals surface area contributed by atoms with E-state index in [4.69, 9.17) is 0 Å². The summed E-state index contributed by atoms with van der Waals surface area (Å²) >= 11 is 0. The maximum atomic E-state index is 11.6. The highest BCUT2D eigenvalue weighted by molar-refractivity contribution is 7.91. The van der Waals surface area contributed by atoms with Crippen LogP contribution in [-0.4, -0.2) is 25.7 Å². The molecule has 0 aromatic heterocycles. The molecule has 1 unspecified atom stereocenters. The van der Waals surface area contributed by atoms with Gasteiger partial charge in [-0.2, -0.15) is 0 Å². The Morgan fingerprint density at radius 3 is 2.76 bits per heavy atom. The van der Waals surface area contributed by atoms with Crippen molar-refractivity contribution in [1.29, 1.82) is 0 Å². The van der Waals surface area contributed by atoms with Gasteiger partial charge in [0, 0.05) is 5.56 Å². The van der Waals surface area contributed by atoms with E-state index in [2.05, 4.69) is 0 Å². The van der Waals surface area contributed by atoms with E-state index >= 15 is 0 Å². The fraction of sp³-hybridized carbons (Fsp3) is 0.462. The minimum Gasteiger partial charge on any atom is -0.295 e. The quantitative estimate of drug-likeness (QED) is 0.758. The topological polar surface area (TPSA) is 51.2 Å². The molecule has 17 heavy (non-hydrogen) atoms. The van der Waals surface area contributed by atoms with Crippen LogP contribution in [-0.2, 0) is 9.84 Å². The fourth-order valence-corrected chi connectivity index (χ4v) is 4.04. The monoisotopic (exact) mass is 252 g/mol. The lowest BCUT2D eigenvalue weighted by Crippen LogP contribution is -2.23. The van der Waals surface area contributed by atoms with E-state index in [-0.39, 0.29) is 17.5 Å². The van der Waals surface area contributed by atoms with Crippen LogP contribution in [0.2, 0.25) is 0 Å². The molecule has 1 saturated heterocycles. The Labute approximate surface area is 102 Å². The maximum absolute atomic E-state index is 11.6. The summed E-state index contributed by atoms with van der Waals surface area (Å²) in [5, 5.41) is 0. The number of sulfone groups is 1. The summed E-state index contributed by atoms with van der Waals surface area (Å²) in [7, 11) is -2.90. The second-order valence-electron chi connectivity index (χ2n) is 4.64. The van der Waals surface area contributed by atoms with Crippen LogP contribution in [0.4, 0.5) is 0 Å². The van der Waals surface area contributed by atoms with Gasteiger partial charge in [0.25, 0.3) is 0 Å². The first-order chi connectivity index (χ1) is 7.98. The molecular formula is C13H16O3S. The van der Waals surface area contributed by atoms with Gasteiger partial charge in [0.2, 0.25) is 0 Å². The zero-order valence-corrected chi connectivity index (χ0v) is 10.7. The molecule has 1 heterocycles. The molecule has 4 heteroatoms. The van der Waals surface area contributed by atoms with Crippen LogP contribution in [0, 0.1) is 0 Å². The van der Waals surface area contributed by atoms with E-state index in [1.165, 1.54) is 6.92 Å². The number of carbonyl (C=O) groups excluding carboxylic acids is 1. The molecule has 0 bridgehead atoms. The summed E-state index contributed by atoms with van der Waals surface area (Å²) in [6, 6.07) is 7.34. The minimum atomic E-state index is -2.90. The van der Waals surface area contributed by atoms with E-state index in [1.807, 2.05) is 18.2 Å². The third kappa shape index (κ3) is 2.94. The Balaban J connectivity index is 2.28. The van der Waals surface area contributed by atoms with Gasteiger partial charge in [-0.05, 0) is 37.3 Å². The number of ketones is 1. The molecule has 1 atom stereocenters. The highest BCUT2D eigenvalue weighted by Gasteiger charge is 2.25. The number of benzene rings is 1. The fourth-order valence-electron chi connectivity index (χ4n) is 2.30. The number of rotatable bonds is 2. The average molecular weight is 252 g/mol. The van der Waals surface area contributed by atoms with Gasteiger partial charge in [-0.3, -0.25) is 4.79 Å². The SMILES string of the molecule is CC(=O)c1cccc(C2CCCS(=O)(=O)C2)c1. The Bertz CT molecular complexity index is 531. The molecule has 1 aliphatic heterocycles. The van der Waals surface area contributed by atoms with Crippen LogP contribution in [0.25, 0.3) is 0 Å². The average Bonchev–Trinajstić information content (AvgIpc) is 2.28. The molecule has 0 N–H and O–H groups in total. The summed E-state index contributed by atoms with van der Waals surface area (Å²) in [5.41, 5.74) is 1.63. The van der Waals surface area contributed by atoms with Crippen LogP contribution >= 0.6 is 0 Å². The lowest BCUT2D eigenvalue weighted by molar-refractivity contribution is 0.101. The summed E-state index contributed by atoms with van der Waals surface area (Å²) in [6.45, 7) is 1.52. The summed E-state index contributed by atoms with van der Waals surface area (Å²) < 4.78 is 23.2. The van der Waals surface area contributed by atoms with Crippen molar-refractivity contribution in [1.82, 2.24) is 0 Å². The van der Waals surface area contributed by atoms with Crippen LogP contribution in [0.3, 0.4) is 0 Å². The van der Waals surface area contributed by atoms with Crippen molar-refractivity contribution < 1.29 is 13.2 Å². The first kappa shape index (κ1) is 12.3. The van der Waals surface area contributed by atoms with Crippen molar-refractivity contribution in [3.05, 3.63) is 35.4 Å². The van der Waals surface area contributed by atoms with Gasteiger partial charge in [0.1, 0.15) is 0 Å². The highest BCUT2D eigenvalue weighted by Crippen LogP contribution is 2.28. The van der Waals surface area contributed by atoms with Crippen LogP contribution in [0.5, 0.6) is 0 Å². The largest absolute Gasteiger partial charge is 0.295 e. The molecule has 1 fully saturated rings. The van der Waals surface area contributed by atoms with Gasteiger partial charge in [-0.1, -0.05) is 18.2 Å². The zero-order chi connectivity index (χ0) is 12.5. The van der Waals surface area contributed by atoms with Crippen molar-refractivity contribution in [3.63, 3.8) is 0 Å². The highest BCUT2D eigenvalue weighted by atomic mass is 32.2. The molecule has 2 rings (SSSR count). The van der Waals surface area contributed by atoms with Gasteiger partial charge in [0.15, 0.2) is 15.6 Å². The smallest absolute Gasteiger partial charge is 0.159 e. The van der Waals surface area contributed by atoms with E-state index in [1.54, 1.807) is 6.07 Å². The normalized spacial score (nSPS) is 23.2. The van der Waals surface area contributed by atoms with Crippen LogP contribution < -0.4 is 0 Å². The number of Topliss-reactive ketones (excluding diaryl/α,β-unsaturated/α-hetero) is 1. The number of hydrogen-bond donors (Lipinski definition) is 0.